The maximum atomic E-state index is 12.6. The number of nitrogens with one attached hydrogen (secondary N) is 1. The Morgan fingerprint density at radius 1 is 1.32 bits per heavy atom. The Balaban J connectivity index is 1.64. The molecule has 2 aliphatic rings. The third-order valence-corrected chi connectivity index (χ3v) is 4.82. The predicted octanol–water partition coefficient (Wildman–Crippen LogP) is 2.10. The molecule has 1 amide bonds. The number of hydrogen-bond donors (Lipinski definition) is 1. The fraction of sp³-hybridized carbons (Fsp3) is 0.611. The van der Waals surface area contributed by atoms with E-state index in [1.165, 1.54) is 18.4 Å². The van der Waals surface area contributed by atoms with Crippen molar-refractivity contribution >= 4 is 5.91 Å². The second kappa shape index (κ2) is 6.80. The Kier molecular flexibility index (Phi) is 4.79. The molecule has 0 unspecified atom stereocenters. The van der Waals surface area contributed by atoms with Crippen molar-refractivity contribution in [3.05, 3.63) is 35.4 Å². The van der Waals surface area contributed by atoms with Crippen LogP contribution < -0.4 is 5.32 Å². The number of amides is 1. The number of nitrogens with zero attached hydrogens (tertiary/aromatic N) is 2. The molecule has 0 spiro atoms. The average Bonchev–Trinajstić information content (AvgIpc) is 3.38. The van der Waals surface area contributed by atoms with Gasteiger partial charge in [0.1, 0.15) is 0 Å². The zero-order valence-corrected chi connectivity index (χ0v) is 13.7. The van der Waals surface area contributed by atoms with Crippen LogP contribution in [0.3, 0.4) is 0 Å². The fourth-order valence-corrected chi connectivity index (χ4v) is 3.23. The molecule has 120 valence electrons. The summed E-state index contributed by atoms with van der Waals surface area (Å²) >= 11 is 0. The summed E-state index contributed by atoms with van der Waals surface area (Å²) in [7, 11) is 0. The van der Waals surface area contributed by atoms with Gasteiger partial charge in [-0.2, -0.15) is 0 Å². The Morgan fingerprint density at radius 3 is 2.64 bits per heavy atom. The summed E-state index contributed by atoms with van der Waals surface area (Å²) in [5, 5.41) is 3.33. The van der Waals surface area contributed by atoms with Crippen LogP contribution >= 0.6 is 0 Å². The van der Waals surface area contributed by atoms with Gasteiger partial charge >= 0.3 is 0 Å². The molecule has 3 rings (SSSR count). The van der Waals surface area contributed by atoms with Crippen molar-refractivity contribution in [2.75, 3.05) is 26.2 Å². The second-order valence-corrected chi connectivity index (χ2v) is 6.54. The Morgan fingerprint density at radius 2 is 2.05 bits per heavy atom. The van der Waals surface area contributed by atoms with E-state index in [-0.39, 0.29) is 11.9 Å². The Labute approximate surface area is 133 Å². The number of carbonyl (C=O) groups is 1. The van der Waals surface area contributed by atoms with Crippen LogP contribution in [0.4, 0.5) is 0 Å². The molecule has 1 N–H and O–H groups in total. The van der Waals surface area contributed by atoms with Gasteiger partial charge in [-0.3, -0.25) is 9.69 Å². The molecule has 1 heterocycles. The van der Waals surface area contributed by atoms with E-state index in [0.29, 0.717) is 0 Å². The van der Waals surface area contributed by atoms with E-state index >= 15 is 0 Å². The highest BCUT2D eigenvalue weighted by molar-refractivity contribution is 5.94. The molecule has 4 heteroatoms. The third kappa shape index (κ3) is 3.50. The number of rotatable bonds is 5. The molecule has 0 bridgehead atoms. The summed E-state index contributed by atoms with van der Waals surface area (Å²) in [6.45, 7) is 9.00. The smallest absolute Gasteiger partial charge is 0.254 e. The van der Waals surface area contributed by atoms with E-state index in [4.69, 9.17) is 0 Å². The van der Waals surface area contributed by atoms with E-state index in [0.717, 1.165) is 44.3 Å². The van der Waals surface area contributed by atoms with Crippen molar-refractivity contribution in [2.24, 2.45) is 0 Å². The molecule has 1 atom stereocenters. The van der Waals surface area contributed by atoms with Gasteiger partial charge in [0.15, 0.2) is 0 Å². The van der Waals surface area contributed by atoms with Crippen molar-refractivity contribution < 1.29 is 4.79 Å². The van der Waals surface area contributed by atoms with Gasteiger partial charge in [0.2, 0.25) is 0 Å². The van der Waals surface area contributed by atoms with Crippen LogP contribution in [0.15, 0.2) is 24.3 Å². The standard InChI is InChI=1S/C18H27N3O/c1-3-20(17-8-9-17)13-15-4-6-16(7-5-15)18(22)21-11-10-19-12-14(21)2/h4-7,14,17,19H,3,8-13H2,1-2H3/t14-/m1/s1. The highest BCUT2D eigenvalue weighted by atomic mass is 16.2. The number of piperazine rings is 1. The minimum absolute atomic E-state index is 0.162. The third-order valence-electron chi connectivity index (χ3n) is 4.82. The van der Waals surface area contributed by atoms with E-state index in [1.54, 1.807) is 0 Å². The van der Waals surface area contributed by atoms with Crippen LogP contribution in [0.25, 0.3) is 0 Å². The molecule has 0 radical (unpaired) electrons. The molecule has 1 aliphatic carbocycles. The summed E-state index contributed by atoms with van der Waals surface area (Å²) in [5.74, 6) is 0.162. The molecule has 2 fully saturated rings. The monoisotopic (exact) mass is 301 g/mol. The molecule has 1 saturated heterocycles. The van der Waals surface area contributed by atoms with Crippen LogP contribution in [0.2, 0.25) is 0 Å². The van der Waals surface area contributed by atoms with E-state index in [9.17, 15) is 4.79 Å². The minimum atomic E-state index is 0.162. The SMILES string of the molecule is CCN(Cc1ccc(C(=O)N2CCNC[C@H]2C)cc1)C1CC1. The average molecular weight is 301 g/mol. The van der Waals surface area contributed by atoms with Crippen molar-refractivity contribution in [3.8, 4) is 0 Å². The summed E-state index contributed by atoms with van der Waals surface area (Å²) in [5.41, 5.74) is 2.12. The number of carbonyl (C=O) groups excluding carboxylic acids is 1. The largest absolute Gasteiger partial charge is 0.333 e. The van der Waals surface area contributed by atoms with E-state index in [2.05, 4.69) is 36.2 Å². The summed E-state index contributed by atoms with van der Waals surface area (Å²) in [6.07, 6.45) is 2.68. The van der Waals surface area contributed by atoms with Crippen LogP contribution in [0.5, 0.6) is 0 Å². The first-order valence-electron chi connectivity index (χ1n) is 8.53. The van der Waals surface area contributed by atoms with Gasteiger partial charge in [-0.15, -0.1) is 0 Å². The number of benzene rings is 1. The van der Waals surface area contributed by atoms with Crippen LogP contribution in [-0.2, 0) is 6.54 Å². The van der Waals surface area contributed by atoms with Crippen molar-refractivity contribution in [3.63, 3.8) is 0 Å². The highest BCUT2D eigenvalue weighted by Crippen LogP contribution is 2.28. The zero-order chi connectivity index (χ0) is 15.5. The maximum Gasteiger partial charge on any atom is 0.254 e. The van der Waals surface area contributed by atoms with Crippen LogP contribution in [0, 0.1) is 0 Å². The quantitative estimate of drug-likeness (QED) is 0.905. The molecule has 1 aromatic rings. The van der Waals surface area contributed by atoms with Crippen LogP contribution in [0.1, 0.15) is 42.6 Å². The van der Waals surface area contributed by atoms with Crippen molar-refractivity contribution in [2.45, 2.75) is 45.3 Å². The molecule has 1 aromatic carbocycles. The van der Waals surface area contributed by atoms with Crippen molar-refractivity contribution in [1.29, 1.82) is 0 Å². The molecule has 0 aromatic heterocycles. The van der Waals surface area contributed by atoms with Gasteiger partial charge in [-0.25, -0.2) is 0 Å². The molecule has 4 nitrogen and oxygen atoms in total. The lowest BCUT2D eigenvalue weighted by atomic mass is 10.1. The molecular formula is C18H27N3O. The second-order valence-electron chi connectivity index (χ2n) is 6.54. The summed E-state index contributed by atoms with van der Waals surface area (Å²) in [4.78, 5) is 17.1. The lowest BCUT2D eigenvalue weighted by molar-refractivity contribution is 0.0655. The lowest BCUT2D eigenvalue weighted by Gasteiger charge is -2.34. The first-order chi connectivity index (χ1) is 10.7. The van der Waals surface area contributed by atoms with Crippen LogP contribution in [-0.4, -0.2) is 54.0 Å². The Bertz CT molecular complexity index is 510. The van der Waals surface area contributed by atoms with Gasteiger partial charge in [-0.05, 0) is 44.0 Å². The summed E-state index contributed by atoms with van der Waals surface area (Å²) in [6, 6.07) is 9.27. The lowest BCUT2D eigenvalue weighted by Crippen LogP contribution is -2.52. The normalized spacial score (nSPS) is 22.1. The minimum Gasteiger partial charge on any atom is -0.333 e. The maximum absolute atomic E-state index is 12.6. The van der Waals surface area contributed by atoms with Gasteiger partial charge in [0.05, 0.1) is 0 Å². The predicted molar refractivity (Wildman–Crippen MR) is 88.9 cm³/mol. The fourth-order valence-electron chi connectivity index (χ4n) is 3.23. The van der Waals surface area contributed by atoms with Gasteiger partial charge in [0.25, 0.3) is 5.91 Å². The molecule has 22 heavy (non-hydrogen) atoms. The van der Waals surface area contributed by atoms with Gasteiger partial charge < -0.3 is 10.2 Å². The van der Waals surface area contributed by atoms with Gasteiger partial charge in [0, 0.05) is 43.8 Å². The highest BCUT2D eigenvalue weighted by Gasteiger charge is 2.28. The first-order valence-corrected chi connectivity index (χ1v) is 8.53. The van der Waals surface area contributed by atoms with Crippen molar-refractivity contribution in [1.82, 2.24) is 15.1 Å². The first kappa shape index (κ1) is 15.5. The Hall–Kier alpha value is -1.39. The number of hydrogen-bond acceptors (Lipinski definition) is 3. The molecule has 1 aliphatic heterocycles. The molecule has 1 saturated carbocycles. The summed E-state index contributed by atoms with van der Waals surface area (Å²) < 4.78 is 0. The van der Waals surface area contributed by atoms with E-state index < -0.39 is 0 Å². The van der Waals surface area contributed by atoms with E-state index in [1.807, 2.05) is 17.0 Å². The zero-order valence-electron chi connectivity index (χ0n) is 13.7. The van der Waals surface area contributed by atoms with Gasteiger partial charge in [-0.1, -0.05) is 19.1 Å². The molecular weight excluding hydrogens is 274 g/mol. The topological polar surface area (TPSA) is 35.6 Å².